The molecule has 2 unspecified atom stereocenters. The number of amides is 1. The van der Waals surface area contributed by atoms with Crippen LogP contribution in [0.25, 0.3) is 5.70 Å². The van der Waals surface area contributed by atoms with Crippen molar-refractivity contribution in [3.05, 3.63) is 34.2 Å². The Kier molecular flexibility index (Phi) is 6.81. The van der Waals surface area contributed by atoms with Crippen LogP contribution >= 0.6 is 11.8 Å². The molecule has 2 N–H and O–H groups in total. The van der Waals surface area contributed by atoms with Gasteiger partial charge in [-0.15, -0.1) is 0 Å². The molecule has 2 aliphatic heterocycles. The van der Waals surface area contributed by atoms with E-state index in [1.165, 1.54) is 24.8 Å². The van der Waals surface area contributed by atoms with Crippen molar-refractivity contribution >= 4 is 23.4 Å². The Labute approximate surface area is 175 Å². The van der Waals surface area contributed by atoms with E-state index in [1.807, 2.05) is 0 Å². The highest BCUT2D eigenvalue weighted by molar-refractivity contribution is 8.04. The second-order valence-corrected chi connectivity index (χ2v) is 8.39. The van der Waals surface area contributed by atoms with Gasteiger partial charge in [0.25, 0.3) is 0 Å². The van der Waals surface area contributed by atoms with Gasteiger partial charge >= 0.3 is 12.8 Å². The summed E-state index contributed by atoms with van der Waals surface area (Å²) in [6, 6.07) is 3.33. The molecule has 2 atom stereocenters. The molecule has 0 aliphatic carbocycles. The van der Waals surface area contributed by atoms with Gasteiger partial charge in [0, 0.05) is 24.4 Å². The molecule has 0 bridgehead atoms. The standard InChI is InChI=1S/C19H22F5N3O2S/c1-10-4-3-7-27(10)9-15-16(26-18(30-15)25-11(2)28)12-5-6-14(29-17(20)21)13(8-12)19(22,23)24/h5-6,8,10,17-18,26H,3-4,7,9H2,1-2H3,(H,25,28). The smallest absolute Gasteiger partial charge is 0.419 e. The van der Waals surface area contributed by atoms with Gasteiger partial charge in [0.1, 0.15) is 5.75 Å². The van der Waals surface area contributed by atoms with Crippen molar-refractivity contribution in [2.24, 2.45) is 0 Å². The third-order valence-corrected chi connectivity index (χ3v) is 6.06. The summed E-state index contributed by atoms with van der Waals surface area (Å²) in [5, 5.41) is 5.74. The Morgan fingerprint density at radius 1 is 1.40 bits per heavy atom. The minimum atomic E-state index is -4.87. The SMILES string of the molecule is CC(=O)NC1NC(c2ccc(OC(F)F)c(C(F)(F)F)c2)=C(CN2CCCC2C)S1. The van der Waals surface area contributed by atoms with Gasteiger partial charge in [-0.2, -0.15) is 22.0 Å². The number of hydrogen-bond acceptors (Lipinski definition) is 5. The lowest BCUT2D eigenvalue weighted by atomic mass is 10.1. The van der Waals surface area contributed by atoms with E-state index in [-0.39, 0.29) is 11.5 Å². The number of nitrogens with one attached hydrogen (secondary N) is 2. The minimum Gasteiger partial charge on any atom is -0.434 e. The number of ether oxygens (including phenoxy) is 1. The number of thioether (sulfide) groups is 1. The maximum Gasteiger partial charge on any atom is 0.419 e. The number of benzene rings is 1. The molecule has 166 valence electrons. The lowest BCUT2D eigenvalue weighted by Gasteiger charge is -2.22. The van der Waals surface area contributed by atoms with Gasteiger partial charge < -0.3 is 15.4 Å². The van der Waals surface area contributed by atoms with Crippen molar-refractivity contribution in [1.29, 1.82) is 0 Å². The summed E-state index contributed by atoms with van der Waals surface area (Å²) in [6.07, 6.45) is -2.80. The van der Waals surface area contributed by atoms with Crippen molar-refractivity contribution in [3.8, 4) is 5.75 Å². The molecular weight excluding hydrogens is 429 g/mol. The maximum atomic E-state index is 13.5. The lowest BCUT2D eigenvalue weighted by molar-refractivity contribution is -0.141. The van der Waals surface area contributed by atoms with Gasteiger partial charge in [-0.3, -0.25) is 9.69 Å². The Morgan fingerprint density at radius 2 is 2.13 bits per heavy atom. The summed E-state index contributed by atoms with van der Waals surface area (Å²) in [6.45, 7) is 1.46. The van der Waals surface area contributed by atoms with Crippen LogP contribution in [0, 0.1) is 0 Å². The highest BCUT2D eigenvalue weighted by atomic mass is 32.2. The van der Waals surface area contributed by atoms with E-state index in [1.54, 1.807) is 0 Å². The molecule has 11 heteroatoms. The quantitative estimate of drug-likeness (QED) is 0.635. The summed E-state index contributed by atoms with van der Waals surface area (Å²) < 4.78 is 69.5. The second-order valence-electron chi connectivity index (χ2n) is 7.19. The molecule has 0 radical (unpaired) electrons. The third kappa shape index (κ3) is 5.37. The first-order valence-electron chi connectivity index (χ1n) is 9.38. The number of rotatable bonds is 6. The molecule has 1 aromatic rings. The fraction of sp³-hybridized carbons (Fsp3) is 0.526. The highest BCUT2D eigenvalue weighted by Gasteiger charge is 2.37. The number of likely N-dealkylation sites (tertiary alicyclic amines) is 1. The van der Waals surface area contributed by atoms with Crippen LogP contribution in [-0.2, 0) is 11.0 Å². The van der Waals surface area contributed by atoms with Crippen molar-refractivity contribution in [3.63, 3.8) is 0 Å². The van der Waals surface area contributed by atoms with Crippen molar-refractivity contribution in [2.75, 3.05) is 13.1 Å². The first-order chi connectivity index (χ1) is 14.0. The molecule has 30 heavy (non-hydrogen) atoms. The molecule has 2 heterocycles. The molecule has 1 saturated heterocycles. The van der Waals surface area contributed by atoms with Gasteiger partial charge in [-0.05, 0) is 50.1 Å². The van der Waals surface area contributed by atoms with Gasteiger partial charge in [-0.1, -0.05) is 11.8 Å². The molecule has 0 saturated carbocycles. The monoisotopic (exact) mass is 451 g/mol. The second kappa shape index (κ2) is 9.01. The molecule has 0 spiro atoms. The van der Waals surface area contributed by atoms with E-state index in [9.17, 15) is 26.7 Å². The molecular formula is C19H22F5N3O2S. The van der Waals surface area contributed by atoms with E-state index in [0.29, 0.717) is 18.3 Å². The highest BCUT2D eigenvalue weighted by Crippen LogP contribution is 2.41. The van der Waals surface area contributed by atoms with Crippen molar-refractivity contribution in [1.82, 2.24) is 15.5 Å². The summed E-state index contributed by atoms with van der Waals surface area (Å²) in [7, 11) is 0. The first kappa shape index (κ1) is 22.7. The number of hydrogen-bond donors (Lipinski definition) is 2. The van der Waals surface area contributed by atoms with Gasteiger partial charge in [-0.25, -0.2) is 0 Å². The van der Waals surface area contributed by atoms with E-state index in [0.717, 1.165) is 36.4 Å². The lowest BCUT2D eigenvalue weighted by Crippen LogP contribution is -2.38. The zero-order chi connectivity index (χ0) is 22.1. The average Bonchev–Trinajstić information content (AvgIpc) is 3.20. The fourth-order valence-corrected chi connectivity index (χ4v) is 4.79. The molecule has 3 rings (SSSR count). The topological polar surface area (TPSA) is 53.6 Å². The van der Waals surface area contributed by atoms with Gasteiger partial charge in [0.15, 0.2) is 5.50 Å². The molecule has 1 fully saturated rings. The number of carbonyl (C=O) groups excluding carboxylic acids is 1. The largest absolute Gasteiger partial charge is 0.434 e. The Hall–Kier alpha value is -2.01. The number of halogens is 5. The zero-order valence-corrected chi connectivity index (χ0v) is 17.2. The van der Waals surface area contributed by atoms with Crippen molar-refractivity contribution < 1.29 is 31.5 Å². The molecule has 2 aliphatic rings. The summed E-state index contributed by atoms with van der Waals surface area (Å²) in [5.41, 5.74) is -1.19. The molecule has 1 amide bonds. The number of nitrogens with zero attached hydrogens (tertiary/aromatic N) is 1. The van der Waals surface area contributed by atoms with Crippen LogP contribution in [0.5, 0.6) is 5.75 Å². The first-order valence-corrected chi connectivity index (χ1v) is 10.3. The maximum absolute atomic E-state index is 13.5. The van der Waals surface area contributed by atoms with E-state index in [2.05, 4.69) is 27.2 Å². The van der Waals surface area contributed by atoms with Gasteiger partial charge in [0.05, 0.1) is 11.3 Å². The van der Waals surface area contributed by atoms with Gasteiger partial charge in [0.2, 0.25) is 5.91 Å². The predicted molar refractivity (Wildman–Crippen MR) is 104 cm³/mol. The van der Waals surface area contributed by atoms with Crippen LogP contribution in [0.2, 0.25) is 0 Å². The number of alkyl halides is 5. The van der Waals surface area contributed by atoms with E-state index in [4.69, 9.17) is 0 Å². The minimum absolute atomic E-state index is 0.186. The molecule has 0 aromatic heterocycles. The fourth-order valence-electron chi connectivity index (χ4n) is 3.57. The Bertz CT molecular complexity index is 831. The summed E-state index contributed by atoms with van der Waals surface area (Å²) in [5.74, 6) is -1.22. The normalized spacial score (nSPS) is 22.5. The third-order valence-electron chi connectivity index (χ3n) is 4.98. The summed E-state index contributed by atoms with van der Waals surface area (Å²) in [4.78, 5) is 14.4. The Balaban J connectivity index is 1.97. The van der Waals surface area contributed by atoms with Crippen LogP contribution < -0.4 is 15.4 Å². The molecule has 5 nitrogen and oxygen atoms in total. The Morgan fingerprint density at radius 3 is 2.70 bits per heavy atom. The predicted octanol–water partition coefficient (Wildman–Crippen LogP) is 4.22. The van der Waals surface area contributed by atoms with Crippen LogP contribution in [-0.4, -0.2) is 42.0 Å². The van der Waals surface area contributed by atoms with Crippen LogP contribution in [0.1, 0.15) is 37.8 Å². The average molecular weight is 451 g/mol. The van der Waals surface area contributed by atoms with E-state index < -0.39 is 29.6 Å². The summed E-state index contributed by atoms with van der Waals surface area (Å²) >= 11 is 1.32. The molecule has 1 aromatic carbocycles. The van der Waals surface area contributed by atoms with Crippen LogP contribution in [0.4, 0.5) is 22.0 Å². The van der Waals surface area contributed by atoms with Crippen LogP contribution in [0.3, 0.4) is 0 Å². The van der Waals surface area contributed by atoms with Crippen molar-refractivity contribution in [2.45, 2.75) is 51.0 Å². The van der Waals surface area contributed by atoms with Crippen LogP contribution in [0.15, 0.2) is 23.1 Å². The zero-order valence-electron chi connectivity index (χ0n) is 16.4. The number of carbonyl (C=O) groups is 1. The van der Waals surface area contributed by atoms with E-state index >= 15 is 0 Å².